The molecular formula is C23H17N3OS. The molecule has 0 aliphatic carbocycles. The Balaban J connectivity index is 1.82. The summed E-state index contributed by atoms with van der Waals surface area (Å²) in [4.78, 5) is 18.0. The van der Waals surface area contributed by atoms with E-state index in [1.165, 1.54) is 11.8 Å². The fourth-order valence-corrected chi connectivity index (χ4v) is 4.02. The molecule has 0 aliphatic heterocycles. The van der Waals surface area contributed by atoms with Crippen LogP contribution >= 0.6 is 11.8 Å². The molecule has 0 atom stereocenters. The summed E-state index contributed by atoms with van der Waals surface area (Å²) in [5.41, 5.74) is 4.19. The standard InChI is InChI=1S/C23H17N3OS/c1-16-6-2-5-9-21(16)26-22(27)19-7-3-4-8-20(19)25-23(26)28-15-18-12-10-17(14-24)11-13-18/h2-13H,15H2,1H3. The van der Waals surface area contributed by atoms with Crippen LogP contribution in [0.25, 0.3) is 16.6 Å². The van der Waals surface area contributed by atoms with Gasteiger partial charge < -0.3 is 0 Å². The normalized spacial score (nSPS) is 10.7. The van der Waals surface area contributed by atoms with E-state index in [2.05, 4.69) is 6.07 Å². The number of hydrogen-bond donors (Lipinski definition) is 0. The molecule has 28 heavy (non-hydrogen) atoms. The fraction of sp³-hybridized carbons (Fsp3) is 0.0870. The molecular weight excluding hydrogens is 366 g/mol. The van der Waals surface area contributed by atoms with E-state index in [1.807, 2.05) is 67.6 Å². The number of fused-ring (bicyclic) bond motifs is 1. The fourth-order valence-electron chi connectivity index (χ4n) is 3.06. The minimum absolute atomic E-state index is 0.0674. The molecule has 0 fully saturated rings. The van der Waals surface area contributed by atoms with Crippen LogP contribution in [-0.2, 0) is 5.75 Å². The van der Waals surface area contributed by atoms with E-state index < -0.39 is 0 Å². The van der Waals surface area contributed by atoms with Crippen molar-refractivity contribution in [2.75, 3.05) is 0 Å². The Morgan fingerprint density at radius 1 is 1.00 bits per heavy atom. The molecule has 0 bridgehead atoms. The highest BCUT2D eigenvalue weighted by Crippen LogP contribution is 2.26. The topological polar surface area (TPSA) is 58.7 Å². The van der Waals surface area contributed by atoms with Crippen molar-refractivity contribution < 1.29 is 0 Å². The van der Waals surface area contributed by atoms with Gasteiger partial charge in [0.2, 0.25) is 0 Å². The van der Waals surface area contributed by atoms with Gasteiger partial charge in [0.25, 0.3) is 5.56 Å². The molecule has 0 saturated carbocycles. The monoisotopic (exact) mass is 383 g/mol. The Bertz CT molecular complexity index is 1250. The number of nitriles is 1. The molecule has 0 unspecified atom stereocenters. The third-order valence-corrected chi connectivity index (χ3v) is 5.56. The van der Waals surface area contributed by atoms with Crippen LogP contribution in [0.2, 0.25) is 0 Å². The number of hydrogen-bond acceptors (Lipinski definition) is 4. The Morgan fingerprint density at radius 2 is 1.71 bits per heavy atom. The highest BCUT2D eigenvalue weighted by Gasteiger charge is 2.14. The zero-order valence-corrected chi connectivity index (χ0v) is 16.1. The van der Waals surface area contributed by atoms with Gasteiger partial charge in [0.05, 0.1) is 28.2 Å². The summed E-state index contributed by atoms with van der Waals surface area (Å²) in [7, 11) is 0. The first-order chi connectivity index (χ1) is 13.7. The van der Waals surface area contributed by atoms with Crippen LogP contribution in [0.15, 0.2) is 82.7 Å². The third-order valence-electron chi connectivity index (χ3n) is 4.55. The third kappa shape index (κ3) is 3.42. The van der Waals surface area contributed by atoms with Crippen LogP contribution in [0.4, 0.5) is 0 Å². The Morgan fingerprint density at radius 3 is 2.46 bits per heavy atom. The Labute approximate surface area is 167 Å². The predicted molar refractivity (Wildman–Crippen MR) is 113 cm³/mol. The van der Waals surface area contributed by atoms with Gasteiger partial charge in [-0.05, 0) is 48.4 Å². The first-order valence-electron chi connectivity index (χ1n) is 8.87. The van der Waals surface area contributed by atoms with E-state index in [9.17, 15) is 4.79 Å². The highest BCUT2D eigenvalue weighted by atomic mass is 32.2. The van der Waals surface area contributed by atoms with Gasteiger partial charge in [-0.25, -0.2) is 4.98 Å². The van der Waals surface area contributed by atoms with Gasteiger partial charge in [-0.2, -0.15) is 5.26 Å². The summed E-state index contributed by atoms with van der Waals surface area (Å²) in [5.74, 6) is 0.655. The first-order valence-corrected chi connectivity index (χ1v) is 9.85. The average molecular weight is 383 g/mol. The van der Waals surface area contributed by atoms with Gasteiger partial charge in [0, 0.05) is 5.75 Å². The van der Waals surface area contributed by atoms with Crippen molar-refractivity contribution in [3.63, 3.8) is 0 Å². The van der Waals surface area contributed by atoms with Crippen molar-refractivity contribution in [3.8, 4) is 11.8 Å². The van der Waals surface area contributed by atoms with E-state index in [0.29, 0.717) is 27.4 Å². The van der Waals surface area contributed by atoms with E-state index in [-0.39, 0.29) is 5.56 Å². The molecule has 4 aromatic rings. The molecule has 0 saturated heterocycles. The largest absolute Gasteiger partial charge is 0.268 e. The number of thioether (sulfide) groups is 1. The molecule has 0 N–H and O–H groups in total. The van der Waals surface area contributed by atoms with Crippen molar-refractivity contribution in [3.05, 3.63) is 99.8 Å². The molecule has 0 aliphatic rings. The van der Waals surface area contributed by atoms with Crippen molar-refractivity contribution in [2.24, 2.45) is 0 Å². The van der Waals surface area contributed by atoms with Crippen LogP contribution in [0.1, 0.15) is 16.7 Å². The van der Waals surface area contributed by atoms with E-state index in [4.69, 9.17) is 10.2 Å². The summed E-state index contributed by atoms with van der Waals surface area (Å²) in [6.45, 7) is 1.99. The number of benzene rings is 3. The van der Waals surface area contributed by atoms with Crippen LogP contribution < -0.4 is 5.56 Å². The summed E-state index contributed by atoms with van der Waals surface area (Å²) in [6, 6.07) is 24.9. The second-order valence-electron chi connectivity index (χ2n) is 6.44. The van der Waals surface area contributed by atoms with Crippen molar-refractivity contribution in [2.45, 2.75) is 17.8 Å². The lowest BCUT2D eigenvalue weighted by Crippen LogP contribution is -2.22. The van der Waals surface area contributed by atoms with Gasteiger partial charge in [0.15, 0.2) is 5.16 Å². The summed E-state index contributed by atoms with van der Waals surface area (Å²) in [6.07, 6.45) is 0. The lowest BCUT2D eigenvalue weighted by atomic mass is 10.2. The zero-order valence-electron chi connectivity index (χ0n) is 15.3. The van der Waals surface area contributed by atoms with Gasteiger partial charge in [0.1, 0.15) is 0 Å². The maximum Gasteiger partial charge on any atom is 0.266 e. The smallest absolute Gasteiger partial charge is 0.266 e. The molecule has 1 heterocycles. The zero-order chi connectivity index (χ0) is 19.5. The van der Waals surface area contributed by atoms with E-state index in [1.54, 1.807) is 16.7 Å². The lowest BCUT2D eigenvalue weighted by molar-refractivity contribution is 0.814. The maximum absolute atomic E-state index is 13.3. The molecule has 5 heteroatoms. The molecule has 0 spiro atoms. The van der Waals surface area contributed by atoms with E-state index in [0.717, 1.165) is 16.8 Å². The first kappa shape index (κ1) is 18.0. The van der Waals surface area contributed by atoms with Crippen molar-refractivity contribution in [1.82, 2.24) is 9.55 Å². The lowest BCUT2D eigenvalue weighted by Gasteiger charge is -2.15. The minimum Gasteiger partial charge on any atom is -0.268 e. The van der Waals surface area contributed by atoms with Gasteiger partial charge in [-0.1, -0.05) is 54.2 Å². The molecule has 4 rings (SSSR count). The second kappa shape index (κ2) is 7.71. The summed E-state index contributed by atoms with van der Waals surface area (Å²) >= 11 is 1.52. The number of para-hydroxylation sites is 2. The van der Waals surface area contributed by atoms with Crippen LogP contribution in [-0.4, -0.2) is 9.55 Å². The maximum atomic E-state index is 13.3. The van der Waals surface area contributed by atoms with Gasteiger partial charge in [-0.3, -0.25) is 9.36 Å². The van der Waals surface area contributed by atoms with Crippen LogP contribution in [0, 0.1) is 18.3 Å². The molecule has 0 amide bonds. The van der Waals surface area contributed by atoms with Crippen molar-refractivity contribution in [1.29, 1.82) is 5.26 Å². The quantitative estimate of drug-likeness (QED) is 0.373. The number of nitrogens with zero attached hydrogens (tertiary/aromatic N) is 3. The molecule has 136 valence electrons. The molecule has 0 radical (unpaired) electrons. The number of rotatable bonds is 4. The van der Waals surface area contributed by atoms with Crippen LogP contribution in [0.3, 0.4) is 0 Å². The van der Waals surface area contributed by atoms with E-state index >= 15 is 0 Å². The van der Waals surface area contributed by atoms with Crippen LogP contribution in [0.5, 0.6) is 0 Å². The molecule has 1 aromatic heterocycles. The summed E-state index contributed by atoms with van der Waals surface area (Å²) < 4.78 is 1.70. The van der Waals surface area contributed by atoms with Gasteiger partial charge in [-0.15, -0.1) is 0 Å². The molecule has 4 nitrogen and oxygen atoms in total. The highest BCUT2D eigenvalue weighted by molar-refractivity contribution is 7.98. The number of aromatic nitrogens is 2. The number of aryl methyl sites for hydroxylation is 1. The van der Waals surface area contributed by atoms with Gasteiger partial charge >= 0.3 is 0 Å². The Kier molecular flexibility index (Phi) is 4.96. The van der Waals surface area contributed by atoms with Crippen molar-refractivity contribution >= 4 is 22.7 Å². The minimum atomic E-state index is -0.0674. The predicted octanol–water partition coefficient (Wildman–Crippen LogP) is 4.86. The summed E-state index contributed by atoms with van der Waals surface area (Å²) in [5, 5.41) is 10.2. The second-order valence-corrected chi connectivity index (χ2v) is 7.38. The Hall–Kier alpha value is -3.36. The molecule has 3 aromatic carbocycles. The average Bonchev–Trinajstić information content (AvgIpc) is 2.73. The SMILES string of the molecule is Cc1ccccc1-n1c(SCc2ccc(C#N)cc2)nc2ccccc2c1=O.